The van der Waals surface area contributed by atoms with E-state index in [-0.39, 0.29) is 0 Å². The molecule has 2 saturated heterocycles. The van der Waals surface area contributed by atoms with Crippen molar-refractivity contribution in [3.05, 3.63) is 0 Å². The quantitative estimate of drug-likeness (QED) is 0.704. The van der Waals surface area contributed by atoms with Gasteiger partial charge in [-0.3, -0.25) is 4.79 Å². The number of rotatable bonds is 6. The van der Waals surface area contributed by atoms with Crippen molar-refractivity contribution in [2.24, 2.45) is 11.8 Å². The van der Waals surface area contributed by atoms with E-state index in [1.54, 1.807) is 0 Å². The number of carbonyl (C=O) groups excluding carboxylic acids is 1. The number of amides is 1. The van der Waals surface area contributed by atoms with Crippen LogP contribution in [0.15, 0.2) is 0 Å². The van der Waals surface area contributed by atoms with Gasteiger partial charge >= 0.3 is 0 Å². The summed E-state index contributed by atoms with van der Waals surface area (Å²) in [6.07, 6.45) is 5.51. The zero-order valence-electron chi connectivity index (χ0n) is 13.6. The molecule has 1 saturated carbocycles. The van der Waals surface area contributed by atoms with Crippen LogP contribution in [0.2, 0.25) is 0 Å². The molecule has 2 aliphatic heterocycles. The van der Waals surface area contributed by atoms with Gasteiger partial charge in [0.1, 0.15) is 0 Å². The molecule has 3 aliphatic rings. The van der Waals surface area contributed by atoms with Gasteiger partial charge in [0.25, 0.3) is 0 Å². The minimum Gasteiger partial charge on any atom is -0.380 e. The van der Waals surface area contributed by atoms with Crippen LogP contribution in [0.3, 0.4) is 0 Å². The fourth-order valence-corrected chi connectivity index (χ4v) is 3.91. The molecular formula is C17H30N2O2. The first-order valence-electron chi connectivity index (χ1n) is 8.76. The van der Waals surface area contributed by atoms with Crippen molar-refractivity contribution < 1.29 is 9.53 Å². The van der Waals surface area contributed by atoms with Crippen LogP contribution in [0.1, 0.15) is 46.0 Å². The van der Waals surface area contributed by atoms with Gasteiger partial charge in [-0.1, -0.05) is 13.8 Å². The molecule has 0 aromatic heterocycles. The van der Waals surface area contributed by atoms with Gasteiger partial charge in [0.2, 0.25) is 5.91 Å². The standard InChI is InChI=1S/C17H30N2O2/c1-13(2)12-21-10-9-18-8-7-16-14(11-18)3-6-17(20)19(16)15-4-5-15/h13-16H,3-12H2,1-2H3/t14-,16-/m0/s1. The molecule has 0 unspecified atom stereocenters. The Bertz CT molecular complexity index is 368. The number of hydrogen-bond acceptors (Lipinski definition) is 3. The van der Waals surface area contributed by atoms with Gasteiger partial charge in [-0.15, -0.1) is 0 Å². The lowest BCUT2D eigenvalue weighted by atomic mass is 9.83. The summed E-state index contributed by atoms with van der Waals surface area (Å²) in [5, 5.41) is 0. The third kappa shape index (κ3) is 3.78. The first kappa shape index (κ1) is 15.3. The first-order valence-corrected chi connectivity index (χ1v) is 8.76. The van der Waals surface area contributed by atoms with Gasteiger partial charge in [0.05, 0.1) is 6.61 Å². The second kappa shape index (κ2) is 6.66. The van der Waals surface area contributed by atoms with E-state index in [0.29, 0.717) is 29.8 Å². The Labute approximate surface area is 128 Å². The molecule has 1 aliphatic carbocycles. The van der Waals surface area contributed by atoms with Crippen molar-refractivity contribution in [3.8, 4) is 0 Å². The second-order valence-electron chi connectivity index (χ2n) is 7.46. The zero-order chi connectivity index (χ0) is 14.8. The average molecular weight is 294 g/mol. The summed E-state index contributed by atoms with van der Waals surface area (Å²) in [4.78, 5) is 17.0. The lowest BCUT2D eigenvalue weighted by Gasteiger charge is -2.47. The molecule has 4 nitrogen and oxygen atoms in total. The van der Waals surface area contributed by atoms with Crippen LogP contribution in [-0.2, 0) is 9.53 Å². The van der Waals surface area contributed by atoms with Gasteiger partial charge in [-0.25, -0.2) is 0 Å². The topological polar surface area (TPSA) is 32.8 Å². The summed E-state index contributed by atoms with van der Waals surface area (Å²) in [5.74, 6) is 1.74. The van der Waals surface area contributed by atoms with Crippen LogP contribution in [0.4, 0.5) is 0 Å². The average Bonchev–Trinajstić information content (AvgIpc) is 3.28. The molecule has 0 bridgehead atoms. The molecule has 2 atom stereocenters. The lowest BCUT2D eigenvalue weighted by Crippen LogP contribution is -2.56. The summed E-state index contributed by atoms with van der Waals surface area (Å²) < 4.78 is 5.71. The fourth-order valence-electron chi connectivity index (χ4n) is 3.91. The van der Waals surface area contributed by atoms with Crippen molar-refractivity contribution in [1.82, 2.24) is 9.80 Å². The molecule has 3 fully saturated rings. The van der Waals surface area contributed by atoms with Gasteiger partial charge < -0.3 is 14.5 Å². The zero-order valence-corrected chi connectivity index (χ0v) is 13.6. The first-order chi connectivity index (χ1) is 10.1. The molecule has 120 valence electrons. The molecule has 0 N–H and O–H groups in total. The van der Waals surface area contributed by atoms with E-state index in [1.165, 1.54) is 12.8 Å². The molecule has 1 amide bonds. The number of hydrogen-bond donors (Lipinski definition) is 0. The highest BCUT2D eigenvalue weighted by molar-refractivity contribution is 5.78. The summed E-state index contributed by atoms with van der Waals surface area (Å²) in [6, 6.07) is 1.12. The van der Waals surface area contributed by atoms with Crippen LogP contribution in [0.5, 0.6) is 0 Å². The maximum absolute atomic E-state index is 12.2. The summed E-state index contributed by atoms with van der Waals surface area (Å²) in [7, 11) is 0. The van der Waals surface area contributed by atoms with E-state index in [4.69, 9.17) is 4.74 Å². The highest BCUT2D eigenvalue weighted by atomic mass is 16.5. The Kier molecular flexibility index (Phi) is 4.85. The van der Waals surface area contributed by atoms with Gasteiger partial charge in [0.15, 0.2) is 0 Å². The van der Waals surface area contributed by atoms with Crippen molar-refractivity contribution in [2.75, 3.05) is 32.8 Å². The normalized spacial score (nSPS) is 30.8. The van der Waals surface area contributed by atoms with Crippen LogP contribution in [0.25, 0.3) is 0 Å². The predicted octanol–water partition coefficient (Wildman–Crippen LogP) is 2.13. The molecule has 4 heteroatoms. The number of nitrogens with zero attached hydrogens (tertiary/aromatic N) is 2. The van der Waals surface area contributed by atoms with E-state index >= 15 is 0 Å². The monoisotopic (exact) mass is 294 g/mol. The van der Waals surface area contributed by atoms with Gasteiger partial charge in [0, 0.05) is 44.7 Å². The summed E-state index contributed by atoms with van der Waals surface area (Å²) in [5.41, 5.74) is 0. The lowest BCUT2D eigenvalue weighted by molar-refractivity contribution is -0.142. The third-order valence-electron chi connectivity index (χ3n) is 5.10. The second-order valence-corrected chi connectivity index (χ2v) is 7.46. The summed E-state index contributed by atoms with van der Waals surface area (Å²) >= 11 is 0. The van der Waals surface area contributed by atoms with Crippen LogP contribution < -0.4 is 0 Å². The molecule has 0 aromatic rings. The highest BCUT2D eigenvalue weighted by Crippen LogP contribution is 2.38. The number of piperidine rings is 2. The molecule has 2 heterocycles. The number of fused-ring (bicyclic) bond motifs is 1. The smallest absolute Gasteiger partial charge is 0.223 e. The molecule has 21 heavy (non-hydrogen) atoms. The predicted molar refractivity (Wildman–Crippen MR) is 83.1 cm³/mol. The number of ether oxygens (including phenoxy) is 1. The van der Waals surface area contributed by atoms with E-state index in [0.717, 1.165) is 52.1 Å². The maximum atomic E-state index is 12.2. The Morgan fingerprint density at radius 3 is 2.76 bits per heavy atom. The van der Waals surface area contributed by atoms with Crippen molar-refractivity contribution >= 4 is 5.91 Å². The minimum absolute atomic E-state index is 0.424. The maximum Gasteiger partial charge on any atom is 0.223 e. The van der Waals surface area contributed by atoms with Crippen molar-refractivity contribution in [1.29, 1.82) is 0 Å². The Morgan fingerprint density at radius 2 is 2.05 bits per heavy atom. The van der Waals surface area contributed by atoms with Crippen LogP contribution in [-0.4, -0.2) is 60.6 Å². The van der Waals surface area contributed by atoms with E-state index in [1.807, 2.05) is 0 Å². The molecule has 0 radical (unpaired) electrons. The number of carbonyl (C=O) groups is 1. The van der Waals surface area contributed by atoms with Gasteiger partial charge in [-0.2, -0.15) is 0 Å². The minimum atomic E-state index is 0.424. The highest BCUT2D eigenvalue weighted by Gasteiger charge is 2.45. The number of likely N-dealkylation sites (tertiary alicyclic amines) is 2. The molecule has 0 aromatic carbocycles. The molecule has 3 rings (SSSR count). The molecule has 0 spiro atoms. The fraction of sp³-hybridized carbons (Fsp3) is 0.941. The Hall–Kier alpha value is -0.610. The summed E-state index contributed by atoms with van der Waals surface area (Å²) in [6.45, 7) is 9.43. The van der Waals surface area contributed by atoms with E-state index in [2.05, 4.69) is 23.6 Å². The van der Waals surface area contributed by atoms with Crippen molar-refractivity contribution in [2.45, 2.75) is 58.0 Å². The Balaban J connectivity index is 1.46. The van der Waals surface area contributed by atoms with E-state index < -0.39 is 0 Å². The van der Waals surface area contributed by atoms with Gasteiger partial charge in [-0.05, 0) is 37.5 Å². The van der Waals surface area contributed by atoms with E-state index in [9.17, 15) is 4.79 Å². The largest absolute Gasteiger partial charge is 0.380 e. The van der Waals surface area contributed by atoms with Crippen molar-refractivity contribution in [3.63, 3.8) is 0 Å². The Morgan fingerprint density at radius 1 is 1.24 bits per heavy atom. The van der Waals surface area contributed by atoms with Crippen LogP contribution in [0, 0.1) is 11.8 Å². The third-order valence-corrected chi connectivity index (χ3v) is 5.10. The SMILES string of the molecule is CC(C)COCCN1CC[C@H]2[C@@H](CCC(=O)N2C2CC2)C1. The molecular weight excluding hydrogens is 264 g/mol. The van der Waals surface area contributed by atoms with Crippen LogP contribution >= 0.6 is 0 Å².